The second-order valence-electron chi connectivity index (χ2n) is 11.0. The van der Waals surface area contributed by atoms with Crippen molar-refractivity contribution in [3.63, 3.8) is 0 Å². The van der Waals surface area contributed by atoms with Crippen molar-refractivity contribution in [2.24, 2.45) is 18.9 Å². The van der Waals surface area contributed by atoms with Crippen LogP contribution in [0.3, 0.4) is 0 Å². The summed E-state index contributed by atoms with van der Waals surface area (Å²) in [5.41, 5.74) is 3.27. The molecule has 6 rings (SSSR count). The molecule has 0 saturated carbocycles. The second-order valence-corrected chi connectivity index (χ2v) is 11.0. The number of morpholine rings is 1. The van der Waals surface area contributed by atoms with Gasteiger partial charge >= 0.3 is 0 Å². The molecule has 10 heteroatoms. The number of fused-ring (bicyclic) bond motifs is 2. The second kappa shape index (κ2) is 10.2. The largest absolute Gasteiger partial charge is 0.385 e. The fourth-order valence-electron chi connectivity index (χ4n) is 5.83. The Hall–Kier alpha value is -3.08. The summed E-state index contributed by atoms with van der Waals surface area (Å²) in [6.07, 6.45) is 1.70. The number of piperidine rings is 1. The lowest BCUT2D eigenvalue weighted by Gasteiger charge is -2.33. The summed E-state index contributed by atoms with van der Waals surface area (Å²) in [6.45, 7) is 12.2. The lowest BCUT2D eigenvalue weighted by molar-refractivity contribution is 0.122. The number of para-hydroxylation sites is 2. The van der Waals surface area contributed by atoms with Crippen molar-refractivity contribution in [2.45, 2.75) is 46.3 Å². The molecule has 202 valence electrons. The number of likely N-dealkylation sites (tertiary alicyclic amines) is 1. The van der Waals surface area contributed by atoms with Gasteiger partial charge in [-0.3, -0.25) is 9.47 Å². The minimum Gasteiger partial charge on any atom is -0.385 e. The summed E-state index contributed by atoms with van der Waals surface area (Å²) in [7, 11) is 2.05. The van der Waals surface area contributed by atoms with Crippen LogP contribution in [0.1, 0.15) is 51.4 Å². The van der Waals surface area contributed by atoms with Gasteiger partial charge in [0, 0.05) is 20.1 Å². The van der Waals surface area contributed by atoms with Crippen molar-refractivity contribution in [2.75, 3.05) is 44.3 Å². The van der Waals surface area contributed by atoms with E-state index in [1.165, 1.54) is 12.8 Å². The highest BCUT2D eigenvalue weighted by Gasteiger charge is 2.27. The molecular formula is C28H38N8O2. The van der Waals surface area contributed by atoms with Crippen molar-refractivity contribution in [1.29, 1.82) is 0 Å². The number of imidazole rings is 2. The first kappa shape index (κ1) is 25.2. The number of hydrogen-bond acceptors (Lipinski definition) is 8. The van der Waals surface area contributed by atoms with Crippen LogP contribution in [0.25, 0.3) is 28.1 Å². The predicted octanol–water partition coefficient (Wildman–Crippen LogP) is 3.46. The van der Waals surface area contributed by atoms with Crippen molar-refractivity contribution < 1.29 is 9.84 Å². The van der Waals surface area contributed by atoms with E-state index in [-0.39, 0.29) is 0 Å². The van der Waals surface area contributed by atoms with E-state index in [1.807, 2.05) is 35.9 Å². The predicted molar refractivity (Wildman–Crippen MR) is 147 cm³/mol. The SMILES string of the molecule is CC(C)C1CCN(Cc2nc3c(N4CCOCC4)nc(-n4c([C@@H](C)O)nc5ccccc54)nc3n2C)CC1. The molecule has 2 saturated heterocycles. The van der Waals surface area contributed by atoms with Gasteiger partial charge in [-0.2, -0.15) is 9.97 Å². The van der Waals surface area contributed by atoms with Gasteiger partial charge < -0.3 is 19.3 Å². The van der Waals surface area contributed by atoms with E-state index in [0.717, 1.165) is 78.4 Å². The van der Waals surface area contributed by atoms with Gasteiger partial charge in [0.05, 0.1) is 30.8 Å². The quantitative estimate of drug-likeness (QED) is 0.415. The summed E-state index contributed by atoms with van der Waals surface area (Å²) < 4.78 is 9.63. The summed E-state index contributed by atoms with van der Waals surface area (Å²) >= 11 is 0. The Morgan fingerprint density at radius 1 is 0.974 bits per heavy atom. The number of ether oxygens (including phenoxy) is 1. The molecule has 4 aromatic rings. The Balaban J connectivity index is 1.45. The van der Waals surface area contributed by atoms with Crippen LogP contribution in [-0.2, 0) is 18.3 Å². The van der Waals surface area contributed by atoms with Gasteiger partial charge in [0.1, 0.15) is 17.8 Å². The number of aliphatic hydroxyl groups excluding tert-OH is 1. The molecule has 10 nitrogen and oxygen atoms in total. The zero-order chi connectivity index (χ0) is 26.4. The Morgan fingerprint density at radius 2 is 1.71 bits per heavy atom. The third-order valence-corrected chi connectivity index (χ3v) is 8.19. The van der Waals surface area contributed by atoms with E-state index in [2.05, 4.69) is 28.2 Å². The number of benzene rings is 1. The molecule has 2 aliphatic rings. The van der Waals surface area contributed by atoms with Gasteiger partial charge in [0.2, 0.25) is 5.95 Å². The van der Waals surface area contributed by atoms with E-state index >= 15 is 0 Å². The zero-order valence-corrected chi connectivity index (χ0v) is 22.8. The van der Waals surface area contributed by atoms with E-state index in [0.29, 0.717) is 25.0 Å². The minimum atomic E-state index is -0.774. The first-order chi connectivity index (χ1) is 18.4. The normalized spacial score (nSPS) is 18.7. The number of hydrogen-bond donors (Lipinski definition) is 1. The molecule has 0 amide bonds. The number of anilines is 1. The highest BCUT2D eigenvalue weighted by molar-refractivity contribution is 5.86. The van der Waals surface area contributed by atoms with Crippen LogP contribution in [0.4, 0.5) is 5.82 Å². The Bertz CT molecular complexity index is 1430. The third-order valence-electron chi connectivity index (χ3n) is 8.19. The van der Waals surface area contributed by atoms with Gasteiger partial charge in [-0.25, -0.2) is 9.97 Å². The molecule has 1 aromatic carbocycles. The van der Waals surface area contributed by atoms with Gasteiger partial charge in [-0.1, -0.05) is 26.0 Å². The van der Waals surface area contributed by atoms with E-state index in [9.17, 15) is 5.11 Å². The number of aliphatic hydroxyl groups is 1. The van der Waals surface area contributed by atoms with Crippen LogP contribution in [0, 0.1) is 11.8 Å². The zero-order valence-electron chi connectivity index (χ0n) is 22.8. The maximum absolute atomic E-state index is 10.6. The van der Waals surface area contributed by atoms with Gasteiger partial charge in [0.15, 0.2) is 17.0 Å². The topological polar surface area (TPSA) is 97.4 Å². The van der Waals surface area contributed by atoms with Gasteiger partial charge in [0.25, 0.3) is 0 Å². The summed E-state index contributed by atoms with van der Waals surface area (Å²) in [5, 5.41) is 10.6. The van der Waals surface area contributed by atoms with Gasteiger partial charge in [-0.15, -0.1) is 0 Å². The number of nitrogens with zero attached hydrogens (tertiary/aromatic N) is 8. The van der Waals surface area contributed by atoms with Crippen LogP contribution >= 0.6 is 0 Å². The molecule has 1 N–H and O–H groups in total. The molecule has 0 radical (unpaired) electrons. The van der Waals surface area contributed by atoms with Crippen molar-refractivity contribution in [1.82, 2.24) is 34.0 Å². The lowest BCUT2D eigenvalue weighted by atomic mass is 9.87. The van der Waals surface area contributed by atoms with Crippen LogP contribution in [0.2, 0.25) is 0 Å². The van der Waals surface area contributed by atoms with Crippen LogP contribution in [0.15, 0.2) is 24.3 Å². The van der Waals surface area contributed by atoms with Crippen LogP contribution in [-0.4, -0.2) is 78.5 Å². The molecular weight excluding hydrogens is 480 g/mol. The first-order valence-electron chi connectivity index (χ1n) is 13.8. The molecule has 38 heavy (non-hydrogen) atoms. The summed E-state index contributed by atoms with van der Waals surface area (Å²) in [6, 6.07) is 7.86. The number of aryl methyl sites for hydroxylation is 1. The Labute approximate surface area is 223 Å². The van der Waals surface area contributed by atoms with Crippen molar-refractivity contribution in [3.05, 3.63) is 35.9 Å². The van der Waals surface area contributed by atoms with E-state index in [1.54, 1.807) is 6.92 Å². The Kier molecular flexibility index (Phi) is 6.79. The molecule has 1 atom stereocenters. The van der Waals surface area contributed by atoms with Crippen molar-refractivity contribution in [3.8, 4) is 5.95 Å². The summed E-state index contributed by atoms with van der Waals surface area (Å²) in [4.78, 5) is 24.7. The van der Waals surface area contributed by atoms with E-state index < -0.39 is 6.10 Å². The molecule has 0 unspecified atom stereocenters. The van der Waals surface area contributed by atoms with E-state index in [4.69, 9.17) is 24.7 Å². The third kappa shape index (κ3) is 4.54. The first-order valence-corrected chi connectivity index (χ1v) is 13.8. The molecule has 0 aliphatic carbocycles. The molecule has 3 aromatic heterocycles. The molecule has 0 spiro atoms. The number of rotatable bonds is 6. The van der Waals surface area contributed by atoms with Crippen molar-refractivity contribution >= 4 is 28.0 Å². The van der Waals surface area contributed by atoms with Crippen LogP contribution in [0.5, 0.6) is 0 Å². The molecule has 2 fully saturated rings. The molecule has 0 bridgehead atoms. The average molecular weight is 519 g/mol. The fraction of sp³-hybridized carbons (Fsp3) is 0.571. The summed E-state index contributed by atoms with van der Waals surface area (Å²) in [5.74, 6) is 4.37. The Morgan fingerprint density at radius 3 is 2.42 bits per heavy atom. The standard InChI is InChI=1S/C28H38N8O2/c1-18(2)20-9-11-34(12-10-20)17-23-30-24-26(33(23)4)31-28(32-27(24)35-13-15-38-16-14-35)36-22-8-6-5-7-21(22)29-25(36)19(3)37/h5-8,18-20,37H,9-17H2,1-4H3/t19-/m1/s1. The monoisotopic (exact) mass is 518 g/mol. The lowest BCUT2D eigenvalue weighted by Crippen LogP contribution is -2.37. The number of aromatic nitrogens is 6. The maximum Gasteiger partial charge on any atom is 0.239 e. The molecule has 5 heterocycles. The van der Waals surface area contributed by atoms with Gasteiger partial charge in [-0.05, 0) is 56.8 Å². The fourth-order valence-corrected chi connectivity index (χ4v) is 5.83. The molecule has 2 aliphatic heterocycles. The minimum absolute atomic E-state index is 0.496. The van der Waals surface area contributed by atoms with Crippen LogP contribution < -0.4 is 4.90 Å². The highest BCUT2D eigenvalue weighted by atomic mass is 16.5. The highest BCUT2D eigenvalue weighted by Crippen LogP contribution is 2.31. The average Bonchev–Trinajstić information content (AvgIpc) is 3.47. The maximum atomic E-state index is 10.6. The smallest absolute Gasteiger partial charge is 0.239 e.